The van der Waals surface area contributed by atoms with Gasteiger partial charge in [-0.1, -0.05) is 11.6 Å². The second kappa shape index (κ2) is 4.48. The number of halogens is 1. The van der Waals surface area contributed by atoms with Crippen LogP contribution in [0.4, 0.5) is 0 Å². The van der Waals surface area contributed by atoms with Gasteiger partial charge in [0.15, 0.2) is 0 Å². The number of H-pyrrole nitrogens is 1. The lowest BCUT2D eigenvalue weighted by Gasteiger charge is -2.20. The van der Waals surface area contributed by atoms with Crippen molar-refractivity contribution in [2.45, 2.75) is 19.3 Å². The average molecular weight is 265 g/mol. The Kier molecular flexibility index (Phi) is 2.96. The lowest BCUT2D eigenvalue weighted by molar-refractivity contribution is 0.419. The van der Waals surface area contributed by atoms with E-state index >= 15 is 0 Å². The van der Waals surface area contributed by atoms with Gasteiger partial charge in [0.25, 0.3) is 0 Å². The fourth-order valence-corrected chi connectivity index (χ4v) is 3.18. The number of fused-ring (bicyclic) bond motifs is 3. The van der Waals surface area contributed by atoms with Crippen LogP contribution in [0.15, 0.2) is 12.1 Å². The van der Waals surface area contributed by atoms with Gasteiger partial charge in [-0.05, 0) is 49.4 Å². The van der Waals surface area contributed by atoms with Gasteiger partial charge >= 0.3 is 0 Å². The van der Waals surface area contributed by atoms with Crippen molar-refractivity contribution in [1.82, 2.24) is 4.98 Å². The zero-order chi connectivity index (χ0) is 12.7. The third kappa shape index (κ3) is 1.70. The van der Waals surface area contributed by atoms with Crippen molar-refractivity contribution < 1.29 is 4.74 Å². The molecule has 1 atom stereocenters. The number of benzene rings is 1. The van der Waals surface area contributed by atoms with E-state index in [2.05, 4.69) is 4.98 Å². The summed E-state index contributed by atoms with van der Waals surface area (Å²) >= 11 is 6.35. The molecule has 2 aromatic rings. The predicted molar refractivity (Wildman–Crippen MR) is 74.4 cm³/mol. The highest BCUT2D eigenvalue weighted by Crippen LogP contribution is 2.39. The van der Waals surface area contributed by atoms with Crippen LogP contribution in [-0.4, -0.2) is 18.6 Å². The first-order valence-corrected chi connectivity index (χ1v) is 6.68. The fraction of sp³-hybridized carbons (Fsp3) is 0.429. The van der Waals surface area contributed by atoms with Crippen LogP contribution in [0.1, 0.15) is 17.7 Å². The van der Waals surface area contributed by atoms with E-state index in [1.807, 2.05) is 12.1 Å². The Bertz CT molecular complexity index is 591. The Morgan fingerprint density at radius 1 is 1.50 bits per heavy atom. The third-order valence-corrected chi connectivity index (χ3v) is 4.22. The first-order valence-electron chi connectivity index (χ1n) is 6.30. The van der Waals surface area contributed by atoms with Gasteiger partial charge in [0.05, 0.1) is 17.6 Å². The highest BCUT2D eigenvalue weighted by Gasteiger charge is 2.24. The fourth-order valence-electron chi connectivity index (χ4n) is 2.90. The Morgan fingerprint density at radius 3 is 3.06 bits per heavy atom. The van der Waals surface area contributed by atoms with Crippen LogP contribution in [-0.2, 0) is 12.8 Å². The summed E-state index contributed by atoms with van der Waals surface area (Å²) in [5.41, 5.74) is 9.44. The normalized spacial score (nSPS) is 18.9. The second-order valence-electron chi connectivity index (χ2n) is 4.93. The summed E-state index contributed by atoms with van der Waals surface area (Å²) in [6.45, 7) is 0.744. The van der Waals surface area contributed by atoms with Crippen LogP contribution in [0.3, 0.4) is 0 Å². The van der Waals surface area contributed by atoms with Gasteiger partial charge in [0.1, 0.15) is 5.75 Å². The minimum atomic E-state index is 0.568. The maximum atomic E-state index is 6.35. The topological polar surface area (TPSA) is 51.0 Å². The molecule has 1 heterocycles. The monoisotopic (exact) mass is 264 g/mol. The molecule has 0 fully saturated rings. The molecule has 96 valence electrons. The highest BCUT2D eigenvalue weighted by molar-refractivity contribution is 6.36. The summed E-state index contributed by atoms with van der Waals surface area (Å²) in [6.07, 6.45) is 3.21. The summed E-state index contributed by atoms with van der Waals surface area (Å²) in [6, 6.07) is 3.82. The maximum absolute atomic E-state index is 6.35. The van der Waals surface area contributed by atoms with E-state index in [1.54, 1.807) is 7.11 Å². The maximum Gasteiger partial charge on any atom is 0.143 e. The van der Waals surface area contributed by atoms with Gasteiger partial charge in [0, 0.05) is 11.1 Å². The van der Waals surface area contributed by atoms with Crippen molar-refractivity contribution in [3.05, 3.63) is 28.4 Å². The van der Waals surface area contributed by atoms with Gasteiger partial charge in [-0.3, -0.25) is 0 Å². The minimum absolute atomic E-state index is 0.568. The van der Waals surface area contributed by atoms with Crippen molar-refractivity contribution in [1.29, 1.82) is 0 Å². The smallest absolute Gasteiger partial charge is 0.143 e. The number of aromatic amines is 1. The van der Waals surface area contributed by atoms with Crippen molar-refractivity contribution in [3.63, 3.8) is 0 Å². The minimum Gasteiger partial charge on any atom is -0.495 e. The molecule has 1 aromatic carbocycles. The van der Waals surface area contributed by atoms with E-state index in [1.165, 1.54) is 11.3 Å². The predicted octanol–water partition coefficient (Wildman–Crippen LogP) is 2.89. The molecule has 1 aliphatic carbocycles. The molecule has 1 aromatic heterocycles. The van der Waals surface area contributed by atoms with Crippen molar-refractivity contribution >= 4 is 22.5 Å². The summed E-state index contributed by atoms with van der Waals surface area (Å²) in [5, 5.41) is 1.91. The molecular weight excluding hydrogens is 248 g/mol. The van der Waals surface area contributed by atoms with E-state index in [0.717, 1.165) is 47.5 Å². The summed E-state index contributed by atoms with van der Waals surface area (Å²) in [7, 11) is 1.69. The van der Waals surface area contributed by atoms with Crippen LogP contribution in [0, 0.1) is 5.92 Å². The Labute approximate surface area is 111 Å². The molecule has 1 aliphatic rings. The molecule has 1 unspecified atom stereocenters. The van der Waals surface area contributed by atoms with Crippen LogP contribution < -0.4 is 10.5 Å². The molecule has 0 saturated carbocycles. The summed E-state index contributed by atoms with van der Waals surface area (Å²) in [5.74, 6) is 1.42. The Hall–Kier alpha value is -1.19. The summed E-state index contributed by atoms with van der Waals surface area (Å²) < 4.78 is 5.40. The molecule has 0 amide bonds. The number of ether oxygens (including phenoxy) is 1. The number of aryl methyl sites for hydroxylation is 1. The van der Waals surface area contributed by atoms with E-state index in [9.17, 15) is 0 Å². The van der Waals surface area contributed by atoms with Crippen LogP contribution >= 0.6 is 11.6 Å². The Morgan fingerprint density at radius 2 is 2.33 bits per heavy atom. The standard InChI is InChI=1S/C14H17ClN2O/c1-18-12-5-3-10(15)13-9-6-8(7-16)2-4-11(9)17-14(12)13/h3,5,8,17H,2,4,6-7,16H2,1H3. The molecule has 18 heavy (non-hydrogen) atoms. The number of rotatable bonds is 2. The molecule has 0 radical (unpaired) electrons. The van der Waals surface area contributed by atoms with Gasteiger partial charge in [-0.25, -0.2) is 0 Å². The lowest BCUT2D eigenvalue weighted by atomic mass is 9.86. The SMILES string of the molecule is COc1ccc(Cl)c2c3c([nH]c12)CCC(CN)C3. The molecule has 0 saturated heterocycles. The molecule has 0 spiro atoms. The van der Waals surface area contributed by atoms with Gasteiger partial charge in [0.2, 0.25) is 0 Å². The van der Waals surface area contributed by atoms with E-state index in [-0.39, 0.29) is 0 Å². The van der Waals surface area contributed by atoms with E-state index < -0.39 is 0 Å². The van der Waals surface area contributed by atoms with Crippen LogP contribution in [0.5, 0.6) is 5.75 Å². The number of hydrogen-bond acceptors (Lipinski definition) is 2. The van der Waals surface area contributed by atoms with E-state index in [0.29, 0.717) is 5.92 Å². The largest absolute Gasteiger partial charge is 0.495 e. The number of methoxy groups -OCH3 is 1. The first kappa shape index (κ1) is 11.9. The highest BCUT2D eigenvalue weighted by atomic mass is 35.5. The number of hydrogen-bond donors (Lipinski definition) is 2. The molecular formula is C14H17ClN2O. The first-order chi connectivity index (χ1) is 8.74. The molecule has 4 heteroatoms. The zero-order valence-corrected chi connectivity index (χ0v) is 11.2. The number of nitrogens with one attached hydrogen (secondary N) is 1. The lowest BCUT2D eigenvalue weighted by Crippen LogP contribution is -2.21. The van der Waals surface area contributed by atoms with Crippen LogP contribution in [0.2, 0.25) is 5.02 Å². The van der Waals surface area contributed by atoms with Gasteiger partial charge in [-0.2, -0.15) is 0 Å². The molecule has 0 bridgehead atoms. The van der Waals surface area contributed by atoms with Gasteiger partial charge < -0.3 is 15.5 Å². The second-order valence-corrected chi connectivity index (χ2v) is 5.33. The average Bonchev–Trinajstić information content (AvgIpc) is 2.78. The summed E-state index contributed by atoms with van der Waals surface area (Å²) in [4.78, 5) is 3.47. The number of aromatic nitrogens is 1. The molecule has 3 nitrogen and oxygen atoms in total. The molecule has 3 N–H and O–H groups in total. The third-order valence-electron chi connectivity index (χ3n) is 3.91. The quantitative estimate of drug-likeness (QED) is 0.876. The van der Waals surface area contributed by atoms with Crippen LogP contribution in [0.25, 0.3) is 10.9 Å². The van der Waals surface area contributed by atoms with E-state index in [4.69, 9.17) is 22.1 Å². The zero-order valence-electron chi connectivity index (χ0n) is 10.4. The van der Waals surface area contributed by atoms with Crippen molar-refractivity contribution in [2.24, 2.45) is 11.7 Å². The molecule has 3 rings (SSSR count). The van der Waals surface area contributed by atoms with Gasteiger partial charge in [-0.15, -0.1) is 0 Å². The molecule has 0 aliphatic heterocycles. The number of nitrogens with two attached hydrogens (primary N) is 1. The van der Waals surface area contributed by atoms with Crippen molar-refractivity contribution in [3.8, 4) is 5.75 Å². The Balaban J connectivity index is 2.22. The van der Waals surface area contributed by atoms with Crippen molar-refractivity contribution in [2.75, 3.05) is 13.7 Å².